The molecular formula is C15H15N7OS. The summed E-state index contributed by atoms with van der Waals surface area (Å²) >= 11 is 1.45. The van der Waals surface area contributed by atoms with Crippen LogP contribution in [0.2, 0.25) is 0 Å². The molecule has 1 aromatic carbocycles. The Morgan fingerprint density at radius 3 is 2.33 bits per heavy atom. The van der Waals surface area contributed by atoms with Crippen molar-refractivity contribution in [3.63, 3.8) is 0 Å². The van der Waals surface area contributed by atoms with Gasteiger partial charge in [-0.15, -0.1) is 11.3 Å². The fraction of sp³-hybridized carbons (Fsp3) is 0.0667. The van der Waals surface area contributed by atoms with Crippen LogP contribution in [-0.4, -0.2) is 20.9 Å². The Labute approximate surface area is 142 Å². The summed E-state index contributed by atoms with van der Waals surface area (Å²) in [5.41, 5.74) is 8.01. The van der Waals surface area contributed by atoms with Gasteiger partial charge in [0.05, 0.1) is 0 Å². The van der Waals surface area contributed by atoms with Gasteiger partial charge in [0, 0.05) is 29.9 Å². The molecular weight excluding hydrogens is 326 g/mol. The van der Waals surface area contributed by atoms with Crippen LogP contribution in [0.25, 0.3) is 0 Å². The molecule has 0 saturated carbocycles. The van der Waals surface area contributed by atoms with Crippen LogP contribution in [-0.2, 0) is 4.79 Å². The van der Waals surface area contributed by atoms with Gasteiger partial charge in [-0.2, -0.15) is 0 Å². The van der Waals surface area contributed by atoms with Gasteiger partial charge >= 0.3 is 0 Å². The minimum atomic E-state index is -0.117. The van der Waals surface area contributed by atoms with Gasteiger partial charge in [0.1, 0.15) is 12.0 Å². The van der Waals surface area contributed by atoms with Crippen LogP contribution >= 0.6 is 11.3 Å². The molecule has 8 nitrogen and oxygen atoms in total. The maximum atomic E-state index is 11.0. The average molecular weight is 341 g/mol. The highest BCUT2D eigenvalue weighted by atomic mass is 32.1. The molecule has 122 valence electrons. The third-order valence-electron chi connectivity index (χ3n) is 3.01. The predicted molar refractivity (Wildman–Crippen MR) is 95.9 cm³/mol. The van der Waals surface area contributed by atoms with Gasteiger partial charge in [0.25, 0.3) is 0 Å². The summed E-state index contributed by atoms with van der Waals surface area (Å²) < 4.78 is 0. The molecule has 24 heavy (non-hydrogen) atoms. The maximum absolute atomic E-state index is 11.0. The van der Waals surface area contributed by atoms with E-state index in [1.165, 1.54) is 24.6 Å². The van der Waals surface area contributed by atoms with Crippen molar-refractivity contribution in [1.82, 2.24) is 15.0 Å². The normalized spacial score (nSPS) is 10.2. The molecule has 0 atom stereocenters. The van der Waals surface area contributed by atoms with Crippen molar-refractivity contribution in [2.45, 2.75) is 6.92 Å². The first-order valence-corrected chi connectivity index (χ1v) is 7.91. The number of nitrogen functional groups attached to an aromatic ring is 1. The number of carbonyl (C=O) groups excluding carboxylic acids is 1. The van der Waals surface area contributed by atoms with Gasteiger partial charge in [0.2, 0.25) is 5.91 Å². The summed E-state index contributed by atoms with van der Waals surface area (Å²) in [6, 6.07) is 7.22. The molecule has 0 saturated heterocycles. The number of benzene rings is 1. The molecule has 0 fully saturated rings. The third kappa shape index (κ3) is 3.76. The smallest absolute Gasteiger partial charge is 0.221 e. The zero-order chi connectivity index (χ0) is 16.9. The summed E-state index contributed by atoms with van der Waals surface area (Å²) in [6.07, 6.45) is 3.11. The van der Waals surface area contributed by atoms with E-state index in [4.69, 9.17) is 5.73 Å². The monoisotopic (exact) mass is 341 g/mol. The van der Waals surface area contributed by atoms with E-state index in [1.807, 2.05) is 17.5 Å². The first-order valence-electron chi connectivity index (χ1n) is 7.03. The highest BCUT2D eigenvalue weighted by Gasteiger charge is 2.09. The Balaban J connectivity index is 1.76. The largest absolute Gasteiger partial charge is 0.393 e. The van der Waals surface area contributed by atoms with E-state index in [1.54, 1.807) is 18.3 Å². The van der Waals surface area contributed by atoms with E-state index in [0.29, 0.717) is 22.5 Å². The number of nitrogens with one attached hydrogen (secondary N) is 3. The number of carbonyl (C=O) groups is 1. The molecule has 1 amide bonds. The lowest BCUT2D eigenvalue weighted by molar-refractivity contribution is -0.114. The number of nitrogens with two attached hydrogens (primary N) is 1. The second-order valence-corrected chi connectivity index (χ2v) is 5.72. The number of aromatic nitrogens is 3. The minimum Gasteiger partial charge on any atom is -0.393 e. The molecule has 0 bridgehead atoms. The van der Waals surface area contributed by atoms with Crippen molar-refractivity contribution in [1.29, 1.82) is 0 Å². The van der Waals surface area contributed by atoms with Gasteiger partial charge in [0.15, 0.2) is 16.8 Å². The SMILES string of the molecule is CC(=O)Nc1ccc(Nc2ncnc(Nc3nccs3)c2N)cc1. The number of thiazole rings is 1. The lowest BCUT2D eigenvalue weighted by Crippen LogP contribution is -2.06. The quantitative estimate of drug-likeness (QED) is 0.563. The summed E-state index contributed by atoms with van der Waals surface area (Å²) in [5.74, 6) is 0.849. The Kier molecular flexibility index (Phi) is 4.52. The Morgan fingerprint density at radius 2 is 1.71 bits per heavy atom. The van der Waals surface area contributed by atoms with E-state index in [2.05, 4.69) is 30.9 Å². The minimum absolute atomic E-state index is 0.117. The van der Waals surface area contributed by atoms with Gasteiger partial charge in [-0.3, -0.25) is 4.79 Å². The molecule has 5 N–H and O–H groups in total. The van der Waals surface area contributed by atoms with Crippen molar-refractivity contribution in [3.05, 3.63) is 42.2 Å². The number of hydrogen-bond donors (Lipinski definition) is 4. The van der Waals surface area contributed by atoms with Crippen molar-refractivity contribution < 1.29 is 4.79 Å². The number of rotatable bonds is 5. The molecule has 0 unspecified atom stereocenters. The standard InChI is InChI=1S/C15H15N7OS/c1-9(23)20-10-2-4-11(5-3-10)21-13-12(16)14(19-8-18-13)22-15-17-6-7-24-15/h2-8H,16H2,1H3,(H,20,23)(H2,17,18,19,21,22). The fourth-order valence-electron chi connectivity index (χ4n) is 1.96. The number of anilines is 6. The Bertz CT molecular complexity index is 834. The summed E-state index contributed by atoms with van der Waals surface area (Å²) in [5, 5.41) is 11.4. The van der Waals surface area contributed by atoms with Crippen LogP contribution in [0.3, 0.4) is 0 Å². The van der Waals surface area contributed by atoms with E-state index >= 15 is 0 Å². The van der Waals surface area contributed by atoms with Gasteiger partial charge < -0.3 is 21.7 Å². The van der Waals surface area contributed by atoms with Crippen LogP contribution in [0.5, 0.6) is 0 Å². The number of nitrogens with zero attached hydrogens (tertiary/aromatic N) is 3. The molecule has 0 aliphatic carbocycles. The molecule has 3 aromatic rings. The predicted octanol–water partition coefficient (Wildman–Crippen LogP) is 2.96. The highest BCUT2D eigenvalue weighted by molar-refractivity contribution is 7.13. The lowest BCUT2D eigenvalue weighted by atomic mass is 10.2. The van der Waals surface area contributed by atoms with Crippen LogP contribution in [0.1, 0.15) is 6.92 Å². The lowest BCUT2D eigenvalue weighted by Gasteiger charge is -2.12. The molecule has 9 heteroatoms. The topological polar surface area (TPSA) is 118 Å². The summed E-state index contributed by atoms with van der Waals surface area (Å²) in [7, 11) is 0. The fourth-order valence-corrected chi connectivity index (χ4v) is 2.49. The second-order valence-electron chi connectivity index (χ2n) is 4.83. The molecule has 3 rings (SSSR count). The molecule has 2 heterocycles. The van der Waals surface area contributed by atoms with Gasteiger partial charge in [-0.25, -0.2) is 15.0 Å². The molecule has 0 aliphatic rings. The van der Waals surface area contributed by atoms with Crippen molar-refractivity contribution in [2.75, 3.05) is 21.7 Å². The molecule has 0 aliphatic heterocycles. The van der Waals surface area contributed by atoms with Crippen molar-refractivity contribution in [3.8, 4) is 0 Å². The van der Waals surface area contributed by atoms with E-state index in [-0.39, 0.29) is 5.91 Å². The van der Waals surface area contributed by atoms with Gasteiger partial charge in [-0.05, 0) is 24.3 Å². The Morgan fingerprint density at radius 1 is 1.04 bits per heavy atom. The van der Waals surface area contributed by atoms with Crippen LogP contribution in [0.4, 0.5) is 33.8 Å². The molecule has 0 spiro atoms. The number of hydrogen-bond acceptors (Lipinski definition) is 8. The zero-order valence-corrected chi connectivity index (χ0v) is 13.6. The maximum Gasteiger partial charge on any atom is 0.221 e. The summed E-state index contributed by atoms with van der Waals surface area (Å²) in [6.45, 7) is 1.46. The van der Waals surface area contributed by atoms with Crippen LogP contribution < -0.4 is 21.7 Å². The molecule has 2 aromatic heterocycles. The average Bonchev–Trinajstić information content (AvgIpc) is 3.06. The third-order valence-corrected chi connectivity index (χ3v) is 3.70. The van der Waals surface area contributed by atoms with Crippen LogP contribution in [0, 0.1) is 0 Å². The molecule has 0 radical (unpaired) electrons. The van der Waals surface area contributed by atoms with Crippen molar-refractivity contribution >= 4 is 51.1 Å². The zero-order valence-electron chi connectivity index (χ0n) is 12.8. The highest BCUT2D eigenvalue weighted by Crippen LogP contribution is 2.28. The van der Waals surface area contributed by atoms with Crippen molar-refractivity contribution in [2.24, 2.45) is 0 Å². The second kappa shape index (κ2) is 6.92. The number of amides is 1. The van der Waals surface area contributed by atoms with E-state index in [0.717, 1.165) is 11.4 Å². The van der Waals surface area contributed by atoms with E-state index in [9.17, 15) is 4.79 Å². The van der Waals surface area contributed by atoms with Gasteiger partial charge in [-0.1, -0.05) is 0 Å². The first-order chi connectivity index (χ1) is 11.6. The Hall–Kier alpha value is -3.20. The first kappa shape index (κ1) is 15.7. The van der Waals surface area contributed by atoms with Crippen LogP contribution in [0.15, 0.2) is 42.2 Å². The van der Waals surface area contributed by atoms with E-state index < -0.39 is 0 Å². The summed E-state index contributed by atoms with van der Waals surface area (Å²) in [4.78, 5) is 23.5.